The molecule has 2 nitrogen and oxygen atoms in total. The van der Waals surface area contributed by atoms with Crippen LogP contribution in [0.4, 0.5) is 0 Å². The number of hydrogen-bond donors (Lipinski definition) is 0. The van der Waals surface area contributed by atoms with Crippen molar-refractivity contribution in [2.45, 2.75) is 40.0 Å². The lowest BCUT2D eigenvalue weighted by atomic mass is 9.89. The minimum Gasteiger partial charge on any atom is -0.378 e. The van der Waals surface area contributed by atoms with Crippen LogP contribution in [0.3, 0.4) is 0 Å². The first kappa shape index (κ1) is 18.8. The Hall–Kier alpha value is -1.54. The fourth-order valence-electron chi connectivity index (χ4n) is 3.44. The van der Waals surface area contributed by atoms with Gasteiger partial charge in [0.05, 0.1) is 0 Å². The second-order valence-corrected chi connectivity index (χ2v) is 7.07. The highest BCUT2D eigenvalue weighted by atomic mass is 15.1. The molecule has 0 amide bonds. The number of hydrogen-bond acceptors (Lipinski definition) is 2. The number of benzene rings is 1. The largest absolute Gasteiger partial charge is 0.378 e. The van der Waals surface area contributed by atoms with Gasteiger partial charge in [-0.3, -0.25) is 0 Å². The first-order chi connectivity index (χ1) is 11.6. The predicted octanol–water partition coefficient (Wildman–Crippen LogP) is 5.05. The summed E-state index contributed by atoms with van der Waals surface area (Å²) in [6.45, 7) is 10.3. The molecule has 1 fully saturated rings. The van der Waals surface area contributed by atoms with E-state index in [-0.39, 0.29) is 0 Å². The molecule has 0 spiro atoms. The van der Waals surface area contributed by atoms with E-state index in [9.17, 15) is 0 Å². The van der Waals surface area contributed by atoms with Crippen molar-refractivity contribution in [3.63, 3.8) is 0 Å². The second kappa shape index (κ2) is 9.08. The Bertz CT molecular complexity index is 563. The molecule has 2 heteroatoms. The first-order valence-corrected chi connectivity index (χ1v) is 9.43. The quantitative estimate of drug-likeness (QED) is 0.675. The van der Waals surface area contributed by atoms with Crippen LogP contribution >= 0.6 is 0 Å². The summed E-state index contributed by atoms with van der Waals surface area (Å²) in [7, 11) is 4.48. The Kier molecular flexibility index (Phi) is 7.11. The average molecular weight is 327 g/mol. The molecule has 0 atom stereocenters. The summed E-state index contributed by atoms with van der Waals surface area (Å²) in [5.41, 5.74) is 5.73. The summed E-state index contributed by atoms with van der Waals surface area (Å²) in [5.74, 6) is 0.675. The van der Waals surface area contributed by atoms with E-state index < -0.39 is 0 Å². The van der Waals surface area contributed by atoms with Gasteiger partial charge < -0.3 is 9.80 Å². The number of piperidine rings is 1. The molecule has 1 heterocycles. The number of nitrogens with zero attached hydrogens (tertiary/aromatic N) is 2. The molecule has 1 aromatic rings. The number of allylic oxidation sites excluding steroid dienone is 4. The normalized spacial score (nSPS) is 18.5. The third kappa shape index (κ3) is 4.73. The maximum atomic E-state index is 2.48. The highest BCUT2D eigenvalue weighted by Gasteiger charge is 2.23. The average Bonchev–Trinajstić information content (AvgIpc) is 2.63. The predicted molar refractivity (Wildman–Crippen MR) is 106 cm³/mol. The minimum absolute atomic E-state index is 0.675. The summed E-state index contributed by atoms with van der Waals surface area (Å²) in [5, 5.41) is 0. The minimum atomic E-state index is 0.675. The number of rotatable bonds is 6. The van der Waals surface area contributed by atoms with E-state index >= 15 is 0 Å². The molecular weight excluding hydrogens is 292 g/mol. The third-order valence-corrected chi connectivity index (χ3v) is 5.42. The molecule has 0 aliphatic carbocycles. The van der Waals surface area contributed by atoms with Gasteiger partial charge in [-0.2, -0.15) is 0 Å². The fourth-order valence-corrected chi connectivity index (χ4v) is 3.44. The van der Waals surface area contributed by atoms with E-state index in [4.69, 9.17) is 0 Å². The molecule has 132 valence electrons. The molecular formula is C22H34N2. The Labute approximate surface area is 148 Å². The van der Waals surface area contributed by atoms with Crippen LogP contribution in [0.15, 0.2) is 47.7 Å². The van der Waals surface area contributed by atoms with Crippen molar-refractivity contribution in [2.75, 3.05) is 33.7 Å². The SMILES string of the molecule is CCC(C)=C(/C=C(/C1CCN(C)CC1)N(C)CC)c1ccccc1. The summed E-state index contributed by atoms with van der Waals surface area (Å²) in [6, 6.07) is 10.9. The maximum Gasteiger partial charge on any atom is 0.0169 e. The van der Waals surface area contributed by atoms with Crippen LogP contribution in [-0.2, 0) is 0 Å². The topological polar surface area (TPSA) is 6.48 Å². The molecule has 0 radical (unpaired) electrons. The van der Waals surface area contributed by atoms with Crippen molar-refractivity contribution in [2.24, 2.45) is 5.92 Å². The van der Waals surface area contributed by atoms with Crippen molar-refractivity contribution in [3.8, 4) is 0 Å². The summed E-state index contributed by atoms with van der Waals surface area (Å²) in [4.78, 5) is 4.90. The molecule has 2 rings (SSSR count). The maximum absolute atomic E-state index is 2.48. The van der Waals surface area contributed by atoms with Gasteiger partial charge in [-0.05, 0) is 70.5 Å². The highest BCUT2D eigenvalue weighted by molar-refractivity contribution is 5.77. The molecule has 1 aliphatic rings. The smallest absolute Gasteiger partial charge is 0.0169 e. The lowest BCUT2D eigenvalue weighted by molar-refractivity contribution is 0.214. The summed E-state index contributed by atoms with van der Waals surface area (Å²) < 4.78 is 0. The molecule has 0 bridgehead atoms. The number of likely N-dealkylation sites (tertiary alicyclic amines) is 1. The van der Waals surface area contributed by atoms with Crippen LogP contribution in [0.1, 0.15) is 45.6 Å². The van der Waals surface area contributed by atoms with E-state index in [1.54, 1.807) is 0 Å². The van der Waals surface area contributed by atoms with Gasteiger partial charge in [0.2, 0.25) is 0 Å². The van der Waals surface area contributed by atoms with E-state index in [2.05, 4.69) is 81.1 Å². The van der Waals surface area contributed by atoms with Crippen LogP contribution in [0.2, 0.25) is 0 Å². The van der Waals surface area contributed by atoms with Crippen LogP contribution in [0.5, 0.6) is 0 Å². The van der Waals surface area contributed by atoms with Crippen LogP contribution in [0.25, 0.3) is 5.57 Å². The van der Waals surface area contributed by atoms with Crippen molar-refractivity contribution in [1.82, 2.24) is 9.80 Å². The van der Waals surface area contributed by atoms with Gasteiger partial charge in [0.15, 0.2) is 0 Å². The molecule has 1 aromatic carbocycles. The zero-order chi connectivity index (χ0) is 17.5. The van der Waals surface area contributed by atoms with Crippen LogP contribution < -0.4 is 0 Å². The van der Waals surface area contributed by atoms with Gasteiger partial charge >= 0.3 is 0 Å². The Morgan fingerprint density at radius 3 is 2.33 bits per heavy atom. The first-order valence-electron chi connectivity index (χ1n) is 9.43. The lowest BCUT2D eigenvalue weighted by Crippen LogP contribution is -2.34. The monoisotopic (exact) mass is 326 g/mol. The molecule has 1 aliphatic heterocycles. The Morgan fingerprint density at radius 2 is 1.79 bits per heavy atom. The molecule has 0 unspecified atom stereocenters. The van der Waals surface area contributed by atoms with Gasteiger partial charge in [0.25, 0.3) is 0 Å². The standard InChI is InChI=1S/C22H34N2/c1-6-18(3)21(19-11-9-8-10-12-19)17-22(24(5)7-2)20-13-15-23(4)16-14-20/h8-12,17,20H,6-7,13-16H2,1-5H3/b21-18?,22-17-. The van der Waals surface area contributed by atoms with Gasteiger partial charge in [0, 0.05) is 25.2 Å². The van der Waals surface area contributed by atoms with Crippen LogP contribution in [-0.4, -0.2) is 43.5 Å². The van der Waals surface area contributed by atoms with Crippen molar-refractivity contribution in [1.29, 1.82) is 0 Å². The molecule has 0 aromatic heterocycles. The van der Waals surface area contributed by atoms with Gasteiger partial charge in [-0.1, -0.05) is 42.8 Å². The summed E-state index contributed by atoms with van der Waals surface area (Å²) >= 11 is 0. The zero-order valence-electron chi connectivity index (χ0n) is 16.2. The van der Waals surface area contributed by atoms with E-state index in [1.165, 1.54) is 48.3 Å². The molecule has 0 saturated carbocycles. The molecule has 0 N–H and O–H groups in total. The van der Waals surface area contributed by atoms with Gasteiger partial charge in [-0.15, -0.1) is 0 Å². The van der Waals surface area contributed by atoms with Crippen molar-refractivity contribution < 1.29 is 0 Å². The highest BCUT2D eigenvalue weighted by Crippen LogP contribution is 2.31. The van der Waals surface area contributed by atoms with E-state index in [1.807, 2.05) is 0 Å². The summed E-state index contributed by atoms with van der Waals surface area (Å²) in [6.07, 6.45) is 6.10. The lowest BCUT2D eigenvalue weighted by Gasteiger charge is -2.35. The fraction of sp³-hybridized carbons (Fsp3) is 0.545. The third-order valence-electron chi connectivity index (χ3n) is 5.42. The van der Waals surface area contributed by atoms with E-state index in [0.717, 1.165) is 13.0 Å². The van der Waals surface area contributed by atoms with Crippen molar-refractivity contribution in [3.05, 3.63) is 53.2 Å². The van der Waals surface area contributed by atoms with Gasteiger partial charge in [0.1, 0.15) is 0 Å². The Morgan fingerprint density at radius 1 is 1.17 bits per heavy atom. The van der Waals surface area contributed by atoms with Crippen LogP contribution in [0, 0.1) is 5.92 Å². The molecule has 24 heavy (non-hydrogen) atoms. The second-order valence-electron chi connectivity index (χ2n) is 7.07. The Balaban J connectivity index is 2.41. The molecule has 1 saturated heterocycles. The van der Waals surface area contributed by atoms with Gasteiger partial charge in [-0.25, -0.2) is 0 Å². The van der Waals surface area contributed by atoms with Crippen molar-refractivity contribution >= 4 is 5.57 Å². The van der Waals surface area contributed by atoms with E-state index in [0.29, 0.717) is 5.92 Å². The zero-order valence-corrected chi connectivity index (χ0v) is 16.2.